The highest BCUT2D eigenvalue weighted by molar-refractivity contribution is 5.03. The van der Waals surface area contributed by atoms with Crippen LogP contribution in [0.15, 0.2) is 12.2 Å². The molecule has 2 rings (SSSR count). The van der Waals surface area contributed by atoms with Gasteiger partial charge in [0.05, 0.1) is 6.10 Å². The summed E-state index contributed by atoms with van der Waals surface area (Å²) >= 11 is 0. The van der Waals surface area contributed by atoms with Crippen LogP contribution in [-0.4, -0.2) is 11.2 Å². The Morgan fingerprint density at radius 2 is 2.20 bits per heavy atom. The zero-order valence-corrected chi connectivity index (χ0v) is 6.16. The fraction of sp³-hybridized carbons (Fsp3) is 0.778. The van der Waals surface area contributed by atoms with Gasteiger partial charge >= 0.3 is 0 Å². The van der Waals surface area contributed by atoms with Crippen LogP contribution >= 0.6 is 0 Å². The van der Waals surface area contributed by atoms with Crippen LogP contribution in [0, 0.1) is 11.8 Å². The van der Waals surface area contributed by atoms with Crippen LogP contribution < -0.4 is 0 Å². The minimum Gasteiger partial charge on any atom is -0.393 e. The van der Waals surface area contributed by atoms with Crippen molar-refractivity contribution in [1.82, 2.24) is 0 Å². The fourth-order valence-electron chi connectivity index (χ4n) is 2.20. The van der Waals surface area contributed by atoms with Gasteiger partial charge in [0.15, 0.2) is 0 Å². The van der Waals surface area contributed by atoms with E-state index in [2.05, 4.69) is 12.2 Å². The smallest absolute Gasteiger partial charge is 0.0546 e. The van der Waals surface area contributed by atoms with E-state index in [1.165, 1.54) is 12.8 Å². The minimum atomic E-state index is -0.0102. The monoisotopic (exact) mass is 138 g/mol. The summed E-state index contributed by atoms with van der Waals surface area (Å²) in [6.07, 6.45) is 9.09. The molecule has 1 nitrogen and oxygen atoms in total. The molecule has 0 bridgehead atoms. The van der Waals surface area contributed by atoms with Crippen molar-refractivity contribution in [2.45, 2.75) is 31.8 Å². The lowest BCUT2D eigenvalue weighted by atomic mass is 9.80. The van der Waals surface area contributed by atoms with Gasteiger partial charge in [-0.2, -0.15) is 0 Å². The Labute approximate surface area is 61.8 Å². The van der Waals surface area contributed by atoms with Gasteiger partial charge in [-0.3, -0.25) is 0 Å². The highest BCUT2D eigenvalue weighted by Gasteiger charge is 2.29. The number of rotatable bonds is 0. The first-order chi connectivity index (χ1) is 4.86. The van der Waals surface area contributed by atoms with E-state index in [4.69, 9.17) is 0 Å². The highest BCUT2D eigenvalue weighted by atomic mass is 16.3. The second-order valence-electron chi connectivity index (χ2n) is 3.55. The van der Waals surface area contributed by atoms with Crippen molar-refractivity contribution in [2.24, 2.45) is 11.8 Å². The van der Waals surface area contributed by atoms with Gasteiger partial charge in [-0.25, -0.2) is 0 Å². The lowest BCUT2D eigenvalue weighted by molar-refractivity contribution is 0.0899. The predicted molar refractivity (Wildman–Crippen MR) is 40.6 cm³/mol. The maximum Gasteiger partial charge on any atom is 0.0546 e. The summed E-state index contributed by atoms with van der Waals surface area (Å²) in [6.45, 7) is 0. The molecular weight excluding hydrogens is 124 g/mol. The second-order valence-corrected chi connectivity index (χ2v) is 3.55. The van der Waals surface area contributed by atoms with Crippen LogP contribution in [0.2, 0.25) is 0 Å². The lowest BCUT2D eigenvalue weighted by Crippen LogP contribution is -2.23. The van der Waals surface area contributed by atoms with Crippen LogP contribution in [-0.2, 0) is 0 Å². The summed E-state index contributed by atoms with van der Waals surface area (Å²) in [5, 5.41) is 9.32. The molecule has 1 heteroatoms. The number of hydrogen-bond acceptors (Lipinski definition) is 1. The van der Waals surface area contributed by atoms with Gasteiger partial charge in [0, 0.05) is 0 Å². The van der Waals surface area contributed by atoms with Crippen LogP contribution in [0.4, 0.5) is 0 Å². The third-order valence-electron chi connectivity index (χ3n) is 2.84. The molecule has 56 valence electrons. The summed E-state index contributed by atoms with van der Waals surface area (Å²) in [6, 6.07) is 0. The van der Waals surface area contributed by atoms with Gasteiger partial charge < -0.3 is 5.11 Å². The van der Waals surface area contributed by atoms with Gasteiger partial charge in [0.1, 0.15) is 0 Å². The fourth-order valence-corrected chi connectivity index (χ4v) is 2.20. The molecule has 0 radical (unpaired) electrons. The SMILES string of the molecule is OC1CC[C@H]2CC=C[C@H]2C1. The van der Waals surface area contributed by atoms with Crippen molar-refractivity contribution in [1.29, 1.82) is 0 Å². The molecule has 0 aliphatic heterocycles. The van der Waals surface area contributed by atoms with Gasteiger partial charge in [-0.1, -0.05) is 12.2 Å². The normalized spacial score (nSPS) is 45.5. The minimum absolute atomic E-state index is 0.0102. The molecule has 0 saturated heterocycles. The molecule has 1 fully saturated rings. The molecule has 0 heterocycles. The molecule has 0 aromatic rings. The summed E-state index contributed by atoms with van der Waals surface area (Å²) in [7, 11) is 0. The molecule has 2 aliphatic rings. The van der Waals surface area contributed by atoms with E-state index in [9.17, 15) is 5.11 Å². The molecule has 1 unspecified atom stereocenters. The van der Waals surface area contributed by atoms with Crippen molar-refractivity contribution in [3.63, 3.8) is 0 Å². The van der Waals surface area contributed by atoms with E-state index in [0.717, 1.165) is 18.8 Å². The first kappa shape index (κ1) is 6.41. The van der Waals surface area contributed by atoms with Crippen LogP contribution in [0.5, 0.6) is 0 Å². The van der Waals surface area contributed by atoms with E-state index < -0.39 is 0 Å². The van der Waals surface area contributed by atoms with Gasteiger partial charge in [-0.15, -0.1) is 0 Å². The molecular formula is C9H14O. The molecule has 1 N–H and O–H groups in total. The van der Waals surface area contributed by atoms with E-state index in [1.54, 1.807) is 0 Å². The standard InChI is InChI=1S/C9H14O/c10-9-5-4-7-2-1-3-8(7)6-9/h1,3,7-10H,2,4-6H2/t7-,8+,9?/m1/s1. The zero-order valence-electron chi connectivity index (χ0n) is 6.16. The van der Waals surface area contributed by atoms with E-state index in [0.29, 0.717) is 5.92 Å². The van der Waals surface area contributed by atoms with Gasteiger partial charge in [-0.05, 0) is 37.5 Å². The molecule has 0 spiro atoms. The maximum absolute atomic E-state index is 9.32. The zero-order chi connectivity index (χ0) is 6.97. The number of aliphatic hydroxyl groups excluding tert-OH is 1. The maximum atomic E-state index is 9.32. The third kappa shape index (κ3) is 0.988. The van der Waals surface area contributed by atoms with Crippen molar-refractivity contribution in [2.75, 3.05) is 0 Å². The first-order valence-electron chi connectivity index (χ1n) is 4.21. The Morgan fingerprint density at radius 3 is 3.10 bits per heavy atom. The molecule has 0 aromatic heterocycles. The number of aliphatic hydroxyl groups is 1. The quantitative estimate of drug-likeness (QED) is 0.505. The predicted octanol–water partition coefficient (Wildman–Crippen LogP) is 1.72. The van der Waals surface area contributed by atoms with Crippen LogP contribution in [0.25, 0.3) is 0 Å². The van der Waals surface area contributed by atoms with Crippen molar-refractivity contribution < 1.29 is 5.11 Å². The van der Waals surface area contributed by atoms with Gasteiger partial charge in [0.2, 0.25) is 0 Å². The largest absolute Gasteiger partial charge is 0.393 e. The average molecular weight is 138 g/mol. The number of fused-ring (bicyclic) bond motifs is 1. The summed E-state index contributed by atoms with van der Waals surface area (Å²) in [5.41, 5.74) is 0. The van der Waals surface area contributed by atoms with E-state index >= 15 is 0 Å². The molecule has 10 heavy (non-hydrogen) atoms. The topological polar surface area (TPSA) is 20.2 Å². The molecule has 3 atom stereocenters. The highest BCUT2D eigenvalue weighted by Crippen LogP contribution is 2.37. The third-order valence-corrected chi connectivity index (χ3v) is 2.84. The Hall–Kier alpha value is -0.300. The molecule has 1 saturated carbocycles. The molecule has 0 amide bonds. The Balaban J connectivity index is 2.01. The van der Waals surface area contributed by atoms with Crippen LogP contribution in [0.1, 0.15) is 25.7 Å². The number of allylic oxidation sites excluding steroid dienone is 2. The van der Waals surface area contributed by atoms with Crippen LogP contribution in [0.3, 0.4) is 0 Å². The summed E-state index contributed by atoms with van der Waals surface area (Å²) in [5.74, 6) is 1.59. The van der Waals surface area contributed by atoms with E-state index in [-0.39, 0.29) is 6.10 Å². The summed E-state index contributed by atoms with van der Waals surface area (Å²) < 4.78 is 0. The van der Waals surface area contributed by atoms with Crippen molar-refractivity contribution in [3.8, 4) is 0 Å². The first-order valence-corrected chi connectivity index (χ1v) is 4.21. The van der Waals surface area contributed by atoms with Crippen molar-refractivity contribution >= 4 is 0 Å². The van der Waals surface area contributed by atoms with Crippen molar-refractivity contribution in [3.05, 3.63) is 12.2 Å². The molecule has 0 aromatic carbocycles. The van der Waals surface area contributed by atoms with Gasteiger partial charge in [0.25, 0.3) is 0 Å². The van der Waals surface area contributed by atoms with E-state index in [1.807, 2.05) is 0 Å². The molecule has 2 aliphatic carbocycles. The number of hydrogen-bond donors (Lipinski definition) is 1. The lowest BCUT2D eigenvalue weighted by Gasteiger charge is -2.28. The second kappa shape index (κ2) is 2.39. The summed E-state index contributed by atoms with van der Waals surface area (Å²) in [4.78, 5) is 0. The Kier molecular flexibility index (Phi) is 1.53. The Morgan fingerprint density at radius 1 is 1.30 bits per heavy atom. The average Bonchev–Trinajstić information content (AvgIpc) is 2.33. The Bertz CT molecular complexity index is 151.